The quantitative estimate of drug-likeness (QED) is 0.919. The minimum absolute atomic E-state index is 0.550. The Kier molecular flexibility index (Phi) is 3.67. The molecule has 1 N–H and O–H groups in total. The van der Waals surface area contributed by atoms with Gasteiger partial charge in [-0.25, -0.2) is 4.98 Å². The fourth-order valence-electron chi connectivity index (χ4n) is 1.56. The third kappa shape index (κ3) is 2.71. The van der Waals surface area contributed by atoms with E-state index >= 15 is 0 Å². The van der Waals surface area contributed by atoms with Crippen LogP contribution in [0.15, 0.2) is 24.3 Å². The number of anilines is 1. The van der Waals surface area contributed by atoms with E-state index in [2.05, 4.69) is 15.3 Å². The number of hydrogen-bond acceptors (Lipinski definition) is 4. The molecule has 0 aliphatic carbocycles. The molecule has 0 aliphatic rings. The number of nitrogens with one attached hydrogen (secondary N) is 1. The molecule has 18 heavy (non-hydrogen) atoms. The number of halogens is 1. The Balaban J connectivity index is 2.34. The highest BCUT2D eigenvalue weighted by Crippen LogP contribution is 2.27. The number of hydrogen-bond donors (Lipinski definition) is 1. The predicted molar refractivity (Wildman–Crippen MR) is 72.6 cm³/mol. The second-order valence-corrected chi connectivity index (χ2v) is 4.29. The lowest BCUT2D eigenvalue weighted by Gasteiger charge is -2.11. The Morgan fingerprint density at radius 3 is 2.39 bits per heavy atom. The van der Waals surface area contributed by atoms with Crippen LogP contribution in [-0.4, -0.2) is 17.0 Å². The van der Waals surface area contributed by atoms with E-state index < -0.39 is 0 Å². The molecular weight excluding hydrogens is 250 g/mol. The molecule has 94 valence electrons. The van der Waals surface area contributed by atoms with Crippen molar-refractivity contribution < 1.29 is 4.74 Å². The standard InChI is InChI=1S/C13H14ClN3O/c1-8-12(15-3)16-9(2)17-13(8)18-11-6-4-10(14)5-7-11/h4-7H,1-3H3,(H,15,16,17). The Hall–Kier alpha value is -1.81. The van der Waals surface area contributed by atoms with Gasteiger partial charge >= 0.3 is 0 Å². The molecule has 4 nitrogen and oxygen atoms in total. The summed E-state index contributed by atoms with van der Waals surface area (Å²) in [5.41, 5.74) is 0.873. The molecule has 0 aliphatic heterocycles. The van der Waals surface area contributed by atoms with Gasteiger partial charge in [-0.15, -0.1) is 0 Å². The number of rotatable bonds is 3. The van der Waals surface area contributed by atoms with Gasteiger partial charge in [-0.05, 0) is 38.1 Å². The molecule has 0 amide bonds. The summed E-state index contributed by atoms with van der Waals surface area (Å²) in [5, 5.41) is 3.69. The van der Waals surface area contributed by atoms with Gasteiger partial charge in [0.25, 0.3) is 0 Å². The van der Waals surface area contributed by atoms with Gasteiger partial charge in [0.05, 0.1) is 5.56 Å². The third-order valence-electron chi connectivity index (χ3n) is 2.48. The third-order valence-corrected chi connectivity index (χ3v) is 2.73. The summed E-state index contributed by atoms with van der Waals surface area (Å²) in [5.74, 6) is 2.68. The molecule has 5 heteroatoms. The van der Waals surface area contributed by atoms with Crippen molar-refractivity contribution in [3.05, 3.63) is 40.7 Å². The summed E-state index contributed by atoms with van der Waals surface area (Å²) in [7, 11) is 1.82. The van der Waals surface area contributed by atoms with Crippen molar-refractivity contribution >= 4 is 17.4 Å². The van der Waals surface area contributed by atoms with Gasteiger partial charge in [-0.2, -0.15) is 4.98 Å². The fourth-order valence-corrected chi connectivity index (χ4v) is 1.69. The molecule has 0 saturated carbocycles. The van der Waals surface area contributed by atoms with Crippen molar-refractivity contribution in [3.8, 4) is 11.6 Å². The molecule has 0 bridgehead atoms. The molecular formula is C13H14ClN3O. The first-order chi connectivity index (χ1) is 8.60. The Bertz CT molecular complexity index is 555. The van der Waals surface area contributed by atoms with Crippen LogP contribution in [0.25, 0.3) is 0 Å². The molecule has 0 saturated heterocycles. The van der Waals surface area contributed by atoms with Crippen LogP contribution in [-0.2, 0) is 0 Å². The molecule has 1 heterocycles. The average molecular weight is 264 g/mol. The van der Waals surface area contributed by atoms with Crippen molar-refractivity contribution in [3.63, 3.8) is 0 Å². The average Bonchev–Trinajstić information content (AvgIpc) is 2.36. The van der Waals surface area contributed by atoms with Crippen LogP contribution in [0.3, 0.4) is 0 Å². The van der Waals surface area contributed by atoms with Crippen molar-refractivity contribution in [2.75, 3.05) is 12.4 Å². The summed E-state index contributed by atoms with van der Waals surface area (Å²) in [6.07, 6.45) is 0. The van der Waals surface area contributed by atoms with Crippen molar-refractivity contribution in [2.45, 2.75) is 13.8 Å². The van der Waals surface area contributed by atoms with E-state index in [0.717, 1.165) is 11.4 Å². The van der Waals surface area contributed by atoms with E-state index in [1.807, 2.05) is 20.9 Å². The van der Waals surface area contributed by atoms with E-state index in [4.69, 9.17) is 16.3 Å². The maximum atomic E-state index is 5.83. The summed E-state index contributed by atoms with van der Waals surface area (Å²) < 4.78 is 5.74. The first kappa shape index (κ1) is 12.6. The zero-order valence-corrected chi connectivity index (χ0v) is 11.2. The van der Waals surface area contributed by atoms with Crippen LogP contribution in [0.4, 0.5) is 5.82 Å². The normalized spacial score (nSPS) is 10.2. The Morgan fingerprint density at radius 2 is 1.78 bits per heavy atom. The highest BCUT2D eigenvalue weighted by Gasteiger charge is 2.10. The lowest BCUT2D eigenvalue weighted by atomic mass is 10.3. The minimum atomic E-state index is 0.550. The van der Waals surface area contributed by atoms with E-state index in [-0.39, 0.29) is 0 Å². The molecule has 0 fully saturated rings. The molecule has 0 unspecified atom stereocenters. The highest BCUT2D eigenvalue weighted by atomic mass is 35.5. The number of benzene rings is 1. The molecule has 0 spiro atoms. The second-order valence-electron chi connectivity index (χ2n) is 3.86. The fraction of sp³-hybridized carbons (Fsp3) is 0.231. The van der Waals surface area contributed by atoms with E-state index in [0.29, 0.717) is 22.5 Å². The van der Waals surface area contributed by atoms with Crippen LogP contribution in [0.1, 0.15) is 11.4 Å². The van der Waals surface area contributed by atoms with Crippen molar-refractivity contribution in [1.29, 1.82) is 0 Å². The summed E-state index contributed by atoms with van der Waals surface area (Å²) in [6.45, 7) is 3.74. The van der Waals surface area contributed by atoms with Crippen LogP contribution < -0.4 is 10.1 Å². The summed E-state index contributed by atoms with van der Waals surface area (Å²) in [6, 6.07) is 7.16. The second kappa shape index (κ2) is 5.23. The molecule has 0 radical (unpaired) electrons. The zero-order valence-electron chi connectivity index (χ0n) is 10.5. The maximum absolute atomic E-state index is 5.83. The van der Waals surface area contributed by atoms with Gasteiger partial charge < -0.3 is 10.1 Å². The van der Waals surface area contributed by atoms with Crippen LogP contribution >= 0.6 is 11.6 Å². The monoisotopic (exact) mass is 263 g/mol. The summed E-state index contributed by atoms with van der Waals surface area (Å²) >= 11 is 5.83. The topological polar surface area (TPSA) is 47.0 Å². The molecule has 2 aromatic rings. The number of aryl methyl sites for hydroxylation is 1. The largest absolute Gasteiger partial charge is 0.439 e. The van der Waals surface area contributed by atoms with E-state index in [9.17, 15) is 0 Å². The highest BCUT2D eigenvalue weighted by molar-refractivity contribution is 6.30. The van der Waals surface area contributed by atoms with Gasteiger partial charge in [-0.3, -0.25) is 0 Å². The van der Waals surface area contributed by atoms with Gasteiger partial charge in [0.2, 0.25) is 5.88 Å². The molecule has 0 atom stereocenters. The number of aromatic nitrogens is 2. The Labute approximate surface area is 111 Å². The smallest absolute Gasteiger partial charge is 0.227 e. The van der Waals surface area contributed by atoms with E-state index in [1.165, 1.54) is 0 Å². The van der Waals surface area contributed by atoms with Gasteiger partial charge in [0, 0.05) is 12.1 Å². The lowest BCUT2D eigenvalue weighted by Crippen LogP contribution is -2.02. The first-order valence-corrected chi connectivity index (χ1v) is 5.94. The molecule has 2 rings (SSSR count). The predicted octanol–water partition coefficient (Wildman–Crippen LogP) is 3.58. The molecule has 1 aromatic carbocycles. The number of ether oxygens (including phenoxy) is 1. The van der Waals surface area contributed by atoms with Crippen LogP contribution in [0, 0.1) is 13.8 Å². The Morgan fingerprint density at radius 1 is 1.11 bits per heavy atom. The lowest BCUT2D eigenvalue weighted by molar-refractivity contribution is 0.456. The van der Waals surface area contributed by atoms with Crippen molar-refractivity contribution in [1.82, 2.24) is 9.97 Å². The number of nitrogens with zero attached hydrogens (tertiary/aromatic N) is 2. The van der Waals surface area contributed by atoms with Crippen LogP contribution in [0.5, 0.6) is 11.6 Å². The first-order valence-electron chi connectivity index (χ1n) is 5.56. The zero-order chi connectivity index (χ0) is 13.1. The van der Waals surface area contributed by atoms with E-state index in [1.54, 1.807) is 24.3 Å². The minimum Gasteiger partial charge on any atom is -0.439 e. The van der Waals surface area contributed by atoms with Gasteiger partial charge in [-0.1, -0.05) is 11.6 Å². The van der Waals surface area contributed by atoms with Gasteiger partial charge in [0.1, 0.15) is 17.4 Å². The molecule has 1 aromatic heterocycles. The van der Waals surface area contributed by atoms with Crippen LogP contribution in [0.2, 0.25) is 5.02 Å². The van der Waals surface area contributed by atoms with Crippen molar-refractivity contribution in [2.24, 2.45) is 0 Å². The summed E-state index contributed by atoms with van der Waals surface area (Å²) in [4.78, 5) is 8.58. The maximum Gasteiger partial charge on any atom is 0.227 e. The SMILES string of the molecule is CNc1nc(C)nc(Oc2ccc(Cl)cc2)c1C. The van der Waals surface area contributed by atoms with Gasteiger partial charge in [0.15, 0.2) is 0 Å².